The molecular weight excluding hydrogens is 327 g/mol. The second kappa shape index (κ2) is 7.65. The van der Waals surface area contributed by atoms with E-state index in [1.165, 1.54) is 6.07 Å². The summed E-state index contributed by atoms with van der Waals surface area (Å²) < 4.78 is 44.9. The maximum atomic E-state index is 13.3. The molecule has 1 aromatic rings. The first kappa shape index (κ1) is 18.3. The van der Waals surface area contributed by atoms with Crippen LogP contribution in [0.4, 0.5) is 18.0 Å². The van der Waals surface area contributed by atoms with E-state index in [0.717, 1.165) is 31.7 Å². The maximum Gasteiger partial charge on any atom is 0.416 e. The van der Waals surface area contributed by atoms with Crippen LogP contribution in [0.2, 0.25) is 0 Å². The van der Waals surface area contributed by atoms with Gasteiger partial charge in [0, 0.05) is 0 Å². The van der Waals surface area contributed by atoms with Gasteiger partial charge in [0.25, 0.3) is 5.91 Å². The number of amides is 2. The van der Waals surface area contributed by atoms with Crippen molar-refractivity contribution in [2.45, 2.75) is 44.4 Å². The van der Waals surface area contributed by atoms with Gasteiger partial charge in [0.15, 0.2) is 0 Å². The Labute approximate surface area is 136 Å². The second-order valence-electron chi connectivity index (χ2n) is 5.75. The molecule has 2 amide bonds. The van der Waals surface area contributed by atoms with Crippen molar-refractivity contribution >= 4 is 12.0 Å². The first-order chi connectivity index (χ1) is 11.3. The van der Waals surface area contributed by atoms with Crippen LogP contribution in [-0.4, -0.2) is 23.7 Å². The lowest BCUT2D eigenvalue weighted by Gasteiger charge is -2.19. The summed E-state index contributed by atoms with van der Waals surface area (Å²) in [4.78, 5) is 21.3. The molecule has 1 saturated carbocycles. The van der Waals surface area contributed by atoms with Crippen LogP contribution in [0.1, 0.15) is 48.3 Å². The Morgan fingerprint density at radius 2 is 1.92 bits per heavy atom. The molecule has 1 fully saturated rings. The van der Waals surface area contributed by atoms with Crippen molar-refractivity contribution in [2.24, 2.45) is 0 Å². The number of ether oxygens (including phenoxy) is 1. The van der Waals surface area contributed by atoms with E-state index in [9.17, 15) is 22.8 Å². The number of rotatable bonds is 5. The van der Waals surface area contributed by atoms with E-state index in [1.54, 1.807) is 11.4 Å². The molecule has 24 heavy (non-hydrogen) atoms. The van der Waals surface area contributed by atoms with Gasteiger partial charge in [-0.25, -0.2) is 4.79 Å². The molecule has 0 bridgehead atoms. The lowest BCUT2D eigenvalue weighted by Crippen LogP contribution is -2.31. The van der Waals surface area contributed by atoms with Gasteiger partial charge in [-0.05, 0) is 36.0 Å². The lowest BCUT2D eigenvalue weighted by atomic mass is 9.91. The molecule has 1 aliphatic carbocycles. The number of halogens is 3. The van der Waals surface area contributed by atoms with Gasteiger partial charge in [0.1, 0.15) is 6.61 Å². The summed E-state index contributed by atoms with van der Waals surface area (Å²) in [5.74, 6) is -0.945. The van der Waals surface area contributed by atoms with Crippen LogP contribution in [0.5, 0.6) is 0 Å². The first-order valence-electron chi connectivity index (χ1n) is 7.58. The van der Waals surface area contributed by atoms with Crippen molar-refractivity contribution in [2.75, 3.05) is 6.61 Å². The molecule has 2 rings (SSSR count). The van der Waals surface area contributed by atoms with Gasteiger partial charge in [-0.15, -0.1) is 0 Å². The Morgan fingerprint density at radius 1 is 1.25 bits per heavy atom. The molecule has 0 radical (unpaired) electrons. The van der Waals surface area contributed by atoms with Gasteiger partial charge in [0.05, 0.1) is 12.2 Å². The average molecular weight is 345 g/mol. The van der Waals surface area contributed by atoms with E-state index in [-0.39, 0.29) is 18.1 Å². The number of hydrogen-bond acceptors (Lipinski definition) is 3. The smallest absolute Gasteiger partial charge is 0.416 e. The Balaban J connectivity index is 2.06. The van der Waals surface area contributed by atoms with Gasteiger partial charge in [-0.2, -0.15) is 13.2 Å². The molecule has 5 nitrogen and oxygen atoms in total. The molecule has 0 aromatic heterocycles. The van der Waals surface area contributed by atoms with Gasteiger partial charge in [0.2, 0.25) is 0 Å². The molecule has 2 N–H and O–H groups in total. The number of nitrogens with one attached hydrogen (secondary N) is 1. The van der Waals surface area contributed by atoms with E-state index in [1.807, 2.05) is 0 Å². The molecule has 1 aromatic carbocycles. The SMILES string of the molecule is O=C(O)NC(=O)COCc1ccc(C2CCCC2)c(C(F)(F)F)c1. The third kappa shape index (κ3) is 4.95. The fourth-order valence-electron chi connectivity index (χ4n) is 2.95. The summed E-state index contributed by atoms with van der Waals surface area (Å²) in [6, 6.07) is 4.08. The highest BCUT2D eigenvalue weighted by Gasteiger charge is 2.36. The van der Waals surface area contributed by atoms with Crippen LogP contribution < -0.4 is 5.32 Å². The molecule has 0 spiro atoms. The van der Waals surface area contributed by atoms with Gasteiger partial charge in [-0.3, -0.25) is 10.1 Å². The van der Waals surface area contributed by atoms with Gasteiger partial charge in [-0.1, -0.05) is 25.0 Å². The van der Waals surface area contributed by atoms with E-state index < -0.39 is 30.3 Å². The number of imide groups is 1. The molecule has 0 saturated heterocycles. The topological polar surface area (TPSA) is 75.6 Å². The predicted octanol–water partition coefficient (Wildman–Crippen LogP) is 3.67. The number of hydrogen-bond donors (Lipinski definition) is 2. The molecule has 0 atom stereocenters. The Morgan fingerprint density at radius 3 is 2.50 bits per heavy atom. The molecular formula is C16H18F3NO4. The zero-order valence-electron chi connectivity index (χ0n) is 12.9. The fraction of sp³-hybridized carbons (Fsp3) is 0.500. The molecule has 8 heteroatoms. The Bertz CT molecular complexity index is 610. The third-order valence-electron chi connectivity index (χ3n) is 3.97. The monoisotopic (exact) mass is 345 g/mol. The molecule has 1 aliphatic rings. The highest BCUT2D eigenvalue weighted by Crippen LogP contribution is 2.41. The lowest BCUT2D eigenvalue weighted by molar-refractivity contribution is -0.138. The number of carboxylic acid groups (broad SMARTS) is 1. The first-order valence-corrected chi connectivity index (χ1v) is 7.58. The van der Waals surface area contributed by atoms with Crippen LogP contribution in [0.25, 0.3) is 0 Å². The minimum atomic E-state index is -4.45. The summed E-state index contributed by atoms with van der Waals surface area (Å²) in [5.41, 5.74) is -0.0648. The van der Waals surface area contributed by atoms with Crippen molar-refractivity contribution in [1.29, 1.82) is 0 Å². The number of alkyl halides is 3. The number of carbonyl (C=O) groups is 2. The standard InChI is InChI=1S/C16H18F3NO4/c17-16(18,19)13-7-10(8-24-9-14(21)20-15(22)23)5-6-12(13)11-3-1-2-4-11/h5-7,11H,1-4,8-9H2,(H,20,21)(H,22,23). The van der Waals surface area contributed by atoms with Crippen molar-refractivity contribution < 1.29 is 32.6 Å². The highest BCUT2D eigenvalue weighted by molar-refractivity contribution is 5.91. The zero-order valence-corrected chi connectivity index (χ0v) is 12.9. The minimum absolute atomic E-state index is 0.0714. The highest BCUT2D eigenvalue weighted by atomic mass is 19.4. The van der Waals surface area contributed by atoms with Crippen LogP contribution in [0.15, 0.2) is 18.2 Å². The normalized spacial score (nSPS) is 15.5. The van der Waals surface area contributed by atoms with Gasteiger partial charge < -0.3 is 9.84 Å². The molecule has 0 unspecified atom stereocenters. The van der Waals surface area contributed by atoms with Crippen LogP contribution in [0, 0.1) is 0 Å². The van der Waals surface area contributed by atoms with Crippen molar-refractivity contribution in [1.82, 2.24) is 5.32 Å². The van der Waals surface area contributed by atoms with Crippen molar-refractivity contribution in [3.8, 4) is 0 Å². The third-order valence-corrected chi connectivity index (χ3v) is 3.97. The van der Waals surface area contributed by atoms with Crippen LogP contribution in [-0.2, 0) is 22.3 Å². The summed E-state index contributed by atoms with van der Waals surface area (Å²) in [6.07, 6.45) is -2.57. The quantitative estimate of drug-likeness (QED) is 0.854. The molecule has 0 heterocycles. The van der Waals surface area contributed by atoms with E-state index in [0.29, 0.717) is 5.56 Å². The average Bonchev–Trinajstić information content (AvgIpc) is 2.99. The molecule has 0 aliphatic heterocycles. The van der Waals surface area contributed by atoms with Crippen molar-refractivity contribution in [3.05, 3.63) is 34.9 Å². The summed E-state index contributed by atoms with van der Waals surface area (Å²) in [5, 5.41) is 9.93. The zero-order chi connectivity index (χ0) is 17.7. The second-order valence-corrected chi connectivity index (χ2v) is 5.75. The Kier molecular flexibility index (Phi) is 5.82. The van der Waals surface area contributed by atoms with Crippen molar-refractivity contribution in [3.63, 3.8) is 0 Å². The minimum Gasteiger partial charge on any atom is -0.465 e. The fourth-order valence-corrected chi connectivity index (χ4v) is 2.95. The number of benzene rings is 1. The Hall–Kier alpha value is -2.09. The van der Waals surface area contributed by atoms with E-state index >= 15 is 0 Å². The van der Waals surface area contributed by atoms with Crippen LogP contribution >= 0.6 is 0 Å². The molecule has 132 valence electrons. The van der Waals surface area contributed by atoms with E-state index in [2.05, 4.69) is 0 Å². The predicted molar refractivity (Wildman–Crippen MR) is 78.5 cm³/mol. The maximum absolute atomic E-state index is 13.3. The summed E-state index contributed by atoms with van der Waals surface area (Å²) in [7, 11) is 0. The van der Waals surface area contributed by atoms with Gasteiger partial charge >= 0.3 is 12.3 Å². The van der Waals surface area contributed by atoms with Crippen LogP contribution in [0.3, 0.4) is 0 Å². The number of carbonyl (C=O) groups excluding carboxylic acids is 1. The largest absolute Gasteiger partial charge is 0.465 e. The summed E-state index contributed by atoms with van der Waals surface area (Å²) in [6.45, 7) is -0.751. The summed E-state index contributed by atoms with van der Waals surface area (Å²) >= 11 is 0. The van der Waals surface area contributed by atoms with E-state index in [4.69, 9.17) is 9.84 Å².